The van der Waals surface area contributed by atoms with Gasteiger partial charge in [-0.2, -0.15) is 15.0 Å². The lowest BCUT2D eigenvalue weighted by Crippen LogP contribution is -2.15. The molecule has 26 heavy (non-hydrogen) atoms. The van der Waals surface area contributed by atoms with Crippen LogP contribution in [0.3, 0.4) is 0 Å². The molecule has 0 unspecified atom stereocenters. The summed E-state index contributed by atoms with van der Waals surface area (Å²) in [5.74, 6) is -0.407. The van der Waals surface area contributed by atoms with Crippen LogP contribution in [0.15, 0.2) is 67.4 Å². The second-order valence-electron chi connectivity index (χ2n) is 5.31. The van der Waals surface area contributed by atoms with Crippen LogP contribution in [0.25, 0.3) is 11.4 Å². The summed E-state index contributed by atoms with van der Waals surface area (Å²) in [5, 5.41) is 15.7. The van der Waals surface area contributed by atoms with Crippen molar-refractivity contribution in [3.63, 3.8) is 0 Å². The predicted molar refractivity (Wildman–Crippen MR) is 95.7 cm³/mol. The van der Waals surface area contributed by atoms with Crippen molar-refractivity contribution in [2.45, 2.75) is 0 Å². The Hall–Kier alpha value is -3.52. The van der Waals surface area contributed by atoms with Crippen molar-refractivity contribution < 1.29 is 4.79 Å². The number of hydrogen-bond acceptors (Lipinski definition) is 5. The first kappa shape index (κ1) is 16.0. The van der Waals surface area contributed by atoms with Crippen molar-refractivity contribution in [3.05, 3.63) is 78.1 Å². The normalized spacial score (nSPS) is 10.7. The molecule has 2 aromatic carbocycles. The van der Waals surface area contributed by atoms with E-state index in [0.717, 1.165) is 5.69 Å². The van der Waals surface area contributed by atoms with Gasteiger partial charge in [-0.05, 0) is 30.3 Å². The van der Waals surface area contributed by atoms with Crippen LogP contribution in [-0.4, -0.2) is 35.7 Å². The lowest BCUT2D eigenvalue weighted by Gasteiger charge is -2.10. The van der Waals surface area contributed by atoms with Crippen LogP contribution in [0.1, 0.15) is 10.5 Å². The van der Waals surface area contributed by atoms with E-state index in [-0.39, 0.29) is 5.69 Å². The van der Waals surface area contributed by atoms with Crippen molar-refractivity contribution in [1.82, 2.24) is 29.8 Å². The van der Waals surface area contributed by atoms with Gasteiger partial charge in [-0.15, -0.1) is 5.10 Å². The average molecular weight is 366 g/mol. The summed E-state index contributed by atoms with van der Waals surface area (Å²) in [7, 11) is 0. The van der Waals surface area contributed by atoms with E-state index in [4.69, 9.17) is 11.6 Å². The summed E-state index contributed by atoms with van der Waals surface area (Å²) in [4.78, 5) is 17.9. The maximum atomic E-state index is 12.6. The van der Waals surface area contributed by atoms with Gasteiger partial charge in [0.15, 0.2) is 5.69 Å². The molecule has 0 bridgehead atoms. The highest BCUT2D eigenvalue weighted by Crippen LogP contribution is 2.24. The number of anilines is 1. The third-order valence-electron chi connectivity index (χ3n) is 3.58. The van der Waals surface area contributed by atoms with Crippen LogP contribution in [0.4, 0.5) is 5.69 Å². The zero-order valence-corrected chi connectivity index (χ0v) is 14.1. The van der Waals surface area contributed by atoms with Crippen molar-refractivity contribution >= 4 is 23.2 Å². The minimum Gasteiger partial charge on any atom is -0.319 e. The summed E-state index contributed by atoms with van der Waals surface area (Å²) >= 11 is 6.06. The summed E-state index contributed by atoms with van der Waals surface area (Å²) in [6, 6.07) is 14.4. The van der Waals surface area contributed by atoms with Gasteiger partial charge in [-0.1, -0.05) is 29.8 Å². The van der Waals surface area contributed by atoms with Crippen LogP contribution in [-0.2, 0) is 0 Å². The van der Waals surface area contributed by atoms with Crippen LogP contribution < -0.4 is 5.32 Å². The van der Waals surface area contributed by atoms with E-state index >= 15 is 0 Å². The molecule has 1 amide bonds. The van der Waals surface area contributed by atoms with E-state index in [0.29, 0.717) is 16.4 Å². The van der Waals surface area contributed by atoms with E-state index in [1.807, 2.05) is 30.3 Å². The van der Waals surface area contributed by atoms with Gasteiger partial charge in [-0.25, -0.2) is 9.67 Å². The topological polar surface area (TPSA) is 90.5 Å². The van der Waals surface area contributed by atoms with Gasteiger partial charge in [0.1, 0.15) is 12.7 Å². The van der Waals surface area contributed by atoms with Crippen LogP contribution >= 0.6 is 11.6 Å². The maximum Gasteiger partial charge on any atom is 0.277 e. The molecule has 0 atom stereocenters. The molecule has 4 rings (SSSR count). The third-order valence-corrected chi connectivity index (χ3v) is 3.82. The first-order valence-corrected chi connectivity index (χ1v) is 8.02. The molecule has 1 N–H and O–H groups in total. The molecule has 9 heteroatoms. The number of aromatic nitrogens is 6. The number of nitrogens with zero attached hydrogens (tertiary/aromatic N) is 6. The van der Waals surface area contributed by atoms with Gasteiger partial charge in [0.05, 0.1) is 23.3 Å². The first-order valence-electron chi connectivity index (χ1n) is 7.64. The molecular weight excluding hydrogens is 354 g/mol. The summed E-state index contributed by atoms with van der Waals surface area (Å²) in [6.45, 7) is 0. The van der Waals surface area contributed by atoms with Crippen LogP contribution in [0, 0.1) is 0 Å². The van der Waals surface area contributed by atoms with Gasteiger partial charge in [-0.3, -0.25) is 4.79 Å². The molecule has 0 spiro atoms. The Labute approximate surface area is 153 Å². The summed E-state index contributed by atoms with van der Waals surface area (Å²) < 4.78 is 1.53. The summed E-state index contributed by atoms with van der Waals surface area (Å²) in [5.41, 5.74) is 2.06. The number of amides is 1. The van der Waals surface area contributed by atoms with Crippen LogP contribution in [0.5, 0.6) is 0 Å². The number of halogens is 1. The van der Waals surface area contributed by atoms with E-state index in [2.05, 4.69) is 25.6 Å². The molecule has 0 radical (unpaired) electrons. The molecule has 2 heterocycles. The van der Waals surface area contributed by atoms with Gasteiger partial charge < -0.3 is 5.32 Å². The Balaban J connectivity index is 1.61. The Morgan fingerprint density at radius 1 is 1.08 bits per heavy atom. The highest BCUT2D eigenvalue weighted by atomic mass is 35.5. The minimum atomic E-state index is -0.407. The lowest BCUT2D eigenvalue weighted by molar-refractivity contribution is 0.102. The molecule has 4 aromatic rings. The Bertz CT molecular complexity index is 1040. The smallest absolute Gasteiger partial charge is 0.277 e. The Kier molecular flexibility index (Phi) is 4.16. The van der Waals surface area contributed by atoms with Crippen molar-refractivity contribution in [3.8, 4) is 11.4 Å². The molecule has 0 aliphatic rings. The second kappa shape index (κ2) is 6.77. The number of rotatable bonds is 4. The molecule has 128 valence electrons. The number of carbonyl (C=O) groups is 1. The molecule has 0 aliphatic carbocycles. The fraction of sp³-hybridized carbons (Fsp3) is 0. The zero-order chi connectivity index (χ0) is 17.9. The first-order chi connectivity index (χ1) is 12.7. The van der Waals surface area contributed by atoms with Gasteiger partial charge >= 0.3 is 0 Å². The molecule has 0 saturated heterocycles. The molecule has 0 fully saturated rings. The largest absolute Gasteiger partial charge is 0.319 e. The van der Waals surface area contributed by atoms with Gasteiger partial charge in [0, 0.05) is 5.02 Å². The fourth-order valence-corrected chi connectivity index (χ4v) is 2.55. The number of hydrogen-bond donors (Lipinski definition) is 1. The zero-order valence-electron chi connectivity index (χ0n) is 13.3. The highest BCUT2D eigenvalue weighted by molar-refractivity contribution is 6.31. The maximum absolute atomic E-state index is 12.6. The number of carbonyl (C=O) groups excluding carboxylic acids is 1. The predicted octanol–water partition coefficient (Wildman–Crippen LogP) is 2.75. The fourth-order valence-electron chi connectivity index (χ4n) is 2.38. The minimum absolute atomic E-state index is 0.179. The molecular formula is C17H12ClN7O. The highest BCUT2D eigenvalue weighted by Gasteiger charge is 2.15. The van der Waals surface area contributed by atoms with E-state index in [1.165, 1.54) is 28.3 Å². The van der Waals surface area contributed by atoms with Gasteiger partial charge in [0.25, 0.3) is 5.91 Å². The molecule has 0 aliphatic heterocycles. The lowest BCUT2D eigenvalue weighted by atomic mass is 10.2. The Morgan fingerprint density at radius 2 is 1.92 bits per heavy atom. The monoisotopic (exact) mass is 365 g/mol. The average Bonchev–Trinajstić information content (AvgIpc) is 3.35. The van der Waals surface area contributed by atoms with Gasteiger partial charge in [0.2, 0.25) is 0 Å². The van der Waals surface area contributed by atoms with Crippen molar-refractivity contribution in [1.29, 1.82) is 0 Å². The number of nitrogens with one attached hydrogen (secondary N) is 1. The second-order valence-corrected chi connectivity index (χ2v) is 5.75. The van der Waals surface area contributed by atoms with Crippen molar-refractivity contribution in [2.24, 2.45) is 0 Å². The summed E-state index contributed by atoms with van der Waals surface area (Å²) in [6.07, 6.45) is 4.35. The number of benzene rings is 2. The van der Waals surface area contributed by atoms with E-state index in [1.54, 1.807) is 18.2 Å². The molecule has 0 saturated carbocycles. The van der Waals surface area contributed by atoms with E-state index < -0.39 is 5.91 Å². The molecule has 2 aromatic heterocycles. The SMILES string of the molecule is O=C(Nc1cc(Cl)ccc1-n1cncn1)c1cnn(-c2ccccc2)n1. The third kappa shape index (κ3) is 3.17. The van der Waals surface area contributed by atoms with Crippen LogP contribution in [0.2, 0.25) is 5.02 Å². The van der Waals surface area contributed by atoms with Crippen molar-refractivity contribution in [2.75, 3.05) is 5.32 Å². The quantitative estimate of drug-likeness (QED) is 0.600. The standard InChI is InChI=1S/C17H12ClN7O/c18-12-6-7-16(24-11-19-10-21-24)14(8-12)22-17(26)15-9-20-25(23-15)13-4-2-1-3-5-13/h1-11H,(H,22,26). The Morgan fingerprint density at radius 3 is 2.69 bits per heavy atom. The number of para-hydroxylation sites is 1. The van der Waals surface area contributed by atoms with E-state index in [9.17, 15) is 4.79 Å². The molecule has 8 nitrogen and oxygen atoms in total.